The van der Waals surface area contributed by atoms with Gasteiger partial charge in [-0.2, -0.15) is 13.2 Å². The predicted octanol–water partition coefficient (Wildman–Crippen LogP) is 5.31. The Hall–Kier alpha value is -2.17. The number of amides is 2. The minimum Gasteiger partial charge on any atom is -0.325 e. The van der Waals surface area contributed by atoms with Gasteiger partial charge in [0.05, 0.1) is 10.5 Å². The average Bonchev–Trinajstić information content (AvgIpc) is 2.89. The van der Waals surface area contributed by atoms with Gasteiger partial charge in [0.15, 0.2) is 0 Å². The van der Waals surface area contributed by atoms with Crippen LogP contribution < -0.4 is 5.32 Å². The number of thiocarbonyl (C=S) groups is 1. The maximum atomic E-state index is 12.8. The highest BCUT2D eigenvalue weighted by Crippen LogP contribution is 2.33. The van der Waals surface area contributed by atoms with E-state index in [-0.39, 0.29) is 10.0 Å². The monoisotopic (exact) mass is 500 g/mol. The molecule has 4 nitrogen and oxygen atoms in total. The first-order chi connectivity index (χ1) is 13.6. The van der Waals surface area contributed by atoms with Crippen molar-refractivity contribution in [3.05, 3.63) is 69.0 Å². The minimum absolute atomic E-state index is 0.0139. The van der Waals surface area contributed by atoms with Crippen molar-refractivity contribution in [1.29, 1.82) is 0 Å². The molecule has 1 N–H and O–H groups in total. The molecule has 29 heavy (non-hydrogen) atoms. The quantitative estimate of drug-likeness (QED) is 0.456. The molecule has 1 aliphatic rings. The summed E-state index contributed by atoms with van der Waals surface area (Å²) < 4.78 is 39.4. The molecule has 0 aromatic heterocycles. The molecule has 0 bridgehead atoms. The molecule has 10 heteroatoms. The van der Waals surface area contributed by atoms with Crippen LogP contribution in [0.5, 0.6) is 0 Å². The van der Waals surface area contributed by atoms with Crippen LogP contribution in [0.4, 0.5) is 18.9 Å². The fraction of sp³-hybridized carbons (Fsp3) is 0.105. The van der Waals surface area contributed by atoms with Crippen molar-refractivity contribution < 1.29 is 22.8 Å². The zero-order valence-corrected chi connectivity index (χ0v) is 17.7. The number of rotatable bonds is 4. The number of benzene rings is 2. The van der Waals surface area contributed by atoms with Crippen LogP contribution in [0.15, 0.2) is 57.9 Å². The van der Waals surface area contributed by atoms with Crippen molar-refractivity contribution >= 4 is 67.8 Å². The Morgan fingerprint density at radius 2 is 1.93 bits per heavy atom. The molecule has 1 aliphatic heterocycles. The average molecular weight is 501 g/mol. The number of anilines is 1. The van der Waals surface area contributed by atoms with Crippen molar-refractivity contribution in [2.75, 3.05) is 11.9 Å². The summed E-state index contributed by atoms with van der Waals surface area (Å²) in [6.45, 7) is -0.392. The van der Waals surface area contributed by atoms with Crippen LogP contribution in [0.3, 0.4) is 0 Å². The molecule has 0 aliphatic carbocycles. The lowest BCUT2D eigenvalue weighted by atomic mass is 10.2. The summed E-state index contributed by atoms with van der Waals surface area (Å²) in [6.07, 6.45) is -2.86. The maximum absolute atomic E-state index is 12.8. The molecule has 2 aromatic rings. The van der Waals surface area contributed by atoms with E-state index in [0.29, 0.717) is 4.91 Å². The van der Waals surface area contributed by atoms with E-state index in [0.717, 1.165) is 38.8 Å². The number of carbonyl (C=O) groups excluding carboxylic acids is 2. The molecule has 3 rings (SSSR count). The maximum Gasteiger partial charge on any atom is 0.416 e. The molecule has 0 spiro atoms. The fourth-order valence-corrected chi connectivity index (χ4v) is 4.17. The smallest absolute Gasteiger partial charge is 0.325 e. The normalized spacial score (nSPS) is 15.9. The van der Waals surface area contributed by atoms with E-state index >= 15 is 0 Å². The van der Waals surface area contributed by atoms with Gasteiger partial charge in [-0.05, 0) is 42.0 Å². The largest absolute Gasteiger partial charge is 0.416 e. The van der Waals surface area contributed by atoms with Crippen molar-refractivity contribution in [3.8, 4) is 0 Å². The van der Waals surface area contributed by atoms with Gasteiger partial charge >= 0.3 is 6.18 Å². The lowest BCUT2D eigenvalue weighted by Gasteiger charge is -2.15. The van der Waals surface area contributed by atoms with E-state index in [4.69, 9.17) is 12.2 Å². The number of nitrogens with one attached hydrogen (secondary N) is 1. The van der Waals surface area contributed by atoms with Gasteiger partial charge in [0.25, 0.3) is 5.91 Å². The molecule has 0 saturated carbocycles. The Morgan fingerprint density at radius 3 is 2.62 bits per heavy atom. The number of hydrogen-bond acceptors (Lipinski definition) is 4. The lowest BCUT2D eigenvalue weighted by Crippen LogP contribution is -2.36. The van der Waals surface area contributed by atoms with Crippen LogP contribution in [0.2, 0.25) is 0 Å². The summed E-state index contributed by atoms with van der Waals surface area (Å²) in [5, 5.41) is 2.37. The Labute approximate surface area is 182 Å². The van der Waals surface area contributed by atoms with Gasteiger partial charge in [-0.1, -0.05) is 58.1 Å². The number of nitrogens with zero attached hydrogens (tertiary/aromatic N) is 1. The fourth-order valence-electron chi connectivity index (χ4n) is 2.50. The van der Waals surface area contributed by atoms with Crippen LogP contribution >= 0.6 is 39.9 Å². The summed E-state index contributed by atoms with van der Waals surface area (Å²) in [5.41, 5.74) is -0.105. The molecule has 2 amide bonds. The number of hydrogen-bond donors (Lipinski definition) is 1. The first-order valence-electron chi connectivity index (χ1n) is 8.11. The summed E-state index contributed by atoms with van der Waals surface area (Å²) in [5.74, 6) is -1.08. The lowest BCUT2D eigenvalue weighted by molar-refractivity contribution is -0.137. The highest BCUT2D eigenvalue weighted by molar-refractivity contribution is 9.10. The van der Waals surface area contributed by atoms with Gasteiger partial charge in [0, 0.05) is 10.2 Å². The minimum atomic E-state index is -4.52. The van der Waals surface area contributed by atoms with E-state index in [1.54, 1.807) is 6.08 Å². The van der Waals surface area contributed by atoms with E-state index in [9.17, 15) is 22.8 Å². The second-order valence-electron chi connectivity index (χ2n) is 5.95. The highest BCUT2D eigenvalue weighted by Gasteiger charge is 2.34. The standard InChI is InChI=1S/C19H12BrF3N2O2S2/c20-13-5-1-3-11(7-13)8-15-17(27)25(18(28)29-15)10-16(26)24-14-6-2-4-12(9-14)19(21,22)23/h1-9H,10H2,(H,24,26). The zero-order chi connectivity index (χ0) is 21.2. The van der Waals surface area contributed by atoms with Gasteiger partial charge in [0.1, 0.15) is 10.9 Å². The molecule has 1 fully saturated rings. The Morgan fingerprint density at radius 1 is 1.21 bits per heavy atom. The topological polar surface area (TPSA) is 49.4 Å². The number of carbonyl (C=O) groups is 2. The molecule has 0 atom stereocenters. The predicted molar refractivity (Wildman–Crippen MR) is 114 cm³/mol. The first kappa shape index (κ1) is 21.5. The van der Waals surface area contributed by atoms with Gasteiger partial charge in [0.2, 0.25) is 5.91 Å². The second-order valence-corrected chi connectivity index (χ2v) is 8.54. The van der Waals surface area contributed by atoms with Gasteiger partial charge in [-0.15, -0.1) is 0 Å². The van der Waals surface area contributed by atoms with Crippen LogP contribution in [0, 0.1) is 0 Å². The van der Waals surface area contributed by atoms with Gasteiger partial charge < -0.3 is 5.32 Å². The van der Waals surface area contributed by atoms with Gasteiger partial charge in [-0.25, -0.2) is 0 Å². The molecule has 0 unspecified atom stereocenters. The van der Waals surface area contributed by atoms with Crippen LogP contribution in [0.1, 0.15) is 11.1 Å². The summed E-state index contributed by atoms with van der Waals surface area (Å²) in [6, 6.07) is 11.6. The SMILES string of the molecule is O=C(CN1C(=O)C(=Cc2cccc(Br)c2)SC1=S)Nc1cccc(C(F)(F)F)c1. The summed E-state index contributed by atoms with van der Waals surface area (Å²) >= 11 is 9.59. The summed E-state index contributed by atoms with van der Waals surface area (Å²) in [4.78, 5) is 26.3. The number of halogens is 4. The third kappa shape index (κ3) is 5.46. The number of thioether (sulfide) groups is 1. The third-order valence-electron chi connectivity index (χ3n) is 3.80. The Bertz CT molecular complexity index is 1020. The molecular weight excluding hydrogens is 489 g/mol. The van der Waals surface area contributed by atoms with E-state index < -0.39 is 30.1 Å². The van der Waals surface area contributed by atoms with Crippen LogP contribution in [0.25, 0.3) is 6.08 Å². The molecule has 0 radical (unpaired) electrons. The first-order valence-corrected chi connectivity index (χ1v) is 10.1. The van der Waals surface area contributed by atoms with Gasteiger partial charge in [-0.3, -0.25) is 14.5 Å². The molecule has 150 valence electrons. The van der Waals surface area contributed by atoms with Crippen molar-refractivity contribution in [3.63, 3.8) is 0 Å². The third-order valence-corrected chi connectivity index (χ3v) is 5.67. The molecule has 1 heterocycles. The van der Waals surface area contributed by atoms with Crippen molar-refractivity contribution in [2.24, 2.45) is 0 Å². The zero-order valence-electron chi connectivity index (χ0n) is 14.5. The molecule has 2 aromatic carbocycles. The van der Waals surface area contributed by atoms with Crippen LogP contribution in [-0.4, -0.2) is 27.6 Å². The number of alkyl halides is 3. The summed E-state index contributed by atoms with van der Waals surface area (Å²) in [7, 11) is 0. The Kier molecular flexibility index (Phi) is 6.45. The molecule has 1 saturated heterocycles. The molecular formula is C19H12BrF3N2O2S2. The van der Waals surface area contributed by atoms with Crippen molar-refractivity contribution in [2.45, 2.75) is 6.18 Å². The van der Waals surface area contributed by atoms with Crippen molar-refractivity contribution in [1.82, 2.24) is 4.90 Å². The Balaban J connectivity index is 1.69. The van der Waals surface area contributed by atoms with Crippen LogP contribution in [-0.2, 0) is 15.8 Å². The highest BCUT2D eigenvalue weighted by atomic mass is 79.9. The second kappa shape index (κ2) is 8.68. The van der Waals surface area contributed by atoms with E-state index in [1.807, 2.05) is 24.3 Å². The van der Waals surface area contributed by atoms with E-state index in [1.165, 1.54) is 12.1 Å². The van der Waals surface area contributed by atoms with E-state index in [2.05, 4.69) is 21.2 Å².